The van der Waals surface area contributed by atoms with Gasteiger partial charge in [-0.3, -0.25) is 25.0 Å². The van der Waals surface area contributed by atoms with Crippen LogP contribution in [0.3, 0.4) is 0 Å². The van der Waals surface area contributed by atoms with Gasteiger partial charge in [0, 0.05) is 12.1 Å². The summed E-state index contributed by atoms with van der Waals surface area (Å²) in [7, 11) is 1.55. The number of nitrogens with one attached hydrogen (secondary N) is 1. The fourth-order valence-corrected chi connectivity index (χ4v) is 2.04. The van der Waals surface area contributed by atoms with Crippen molar-refractivity contribution in [3.63, 3.8) is 0 Å². The molecule has 0 aliphatic heterocycles. The van der Waals surface area contributed by atoms with E-state index >= 15 is 0 Å². The normalized spacial score (nSPS) is 10.0. The van der Waals surface area contributed by atoms with Gasteiger partial charge >= 0.3 is 0 Å². The fourth-order valence-electron chi connectivity index (χ4n) is 2.04. The number of non-ortho nitro benzene ring substituents is 2. The summed E-state index contributed by atoms with van der Waals surface area (Å²) in [6.07, 6.45) is 0. The fraction of sp³-hybridized carbons (Fsp3) is 0.188. The van der Waals surface area contributed by atoms with Gasteiger partial charge in [-0.2, -0.15) is 0 Å². The number of hydrogen-bond acceptors (Lipinski definition) is 7. The van der Waals surface area contributed by atoms with Crippen molar-refractivity contribution >= 4 is 17.3 Å². The highest BCUT2D eigenvalue weighted by atomic mass is 16.6. The first-order chi connectivity index (χ1) is 12.4. The highest BCUT2D eigenvalue weighted by Crippen LogP contribution is 2.22. The van der Waals surface area contributed by atoms with Gasteiger partial charge in [0.2, 0.25) is 0 Å². The molecular formula is C16H15N3O7. The molecule has 10 heteroatoms. The lowest BCUT2D eigenvalue weighted by molar-refractivity contribution is -0.394. The molecule has 0 spiro atoms. The van der Waals surface area contributed by atoms with Crippen LogP contribution >= 0.6 is 0 Å². The number of carbonyl (C=O) groups is 1. The molecular weight excluding hydrogens is 346 g/mol. The number of amides is 1. The summed E-state index contributed by atoms with van der Waals surface area (Å²) < 4.78 is 10.4. The van der Waals surface area contributed by atoms with Gasteiger partial charge in [-0.05, 0) is 24.3 Å². The number of hydrogen-bond donors (Lipinski definition) is 1. The van der Waals surface area contributed by atoms with Crippen LogP contribution in [0, 0.1) is 20.2 Å². The molecule has 0 saturated heterocycles. The Labute approximate surface area is 147 Å². The Balaban J connectivity index is 1.94. The highest BCUT2D eigenvalue weighted by Gasteiger charge is 2.19. The summed E-state index contributed by atoms with van der Waals surface area (Å²) in [5, 5.41) is 24.2. The van der Waals surface area contributed by atoms with Crippen molar-refractivity contribution in [2.75, 3.05) is 20.3 Å². The van der Waals surface area contributed by atoms with Crippen molar-refractivity contribution in [1.82, 2.24) is 5.32 Å². The van der Waals surface area contributed by atoms with E-state index in [1.54, 1.807) is 31.4 Å². The topological polar surface area (TPSA) is 134 Å². The molecule has 0 aliphatic carbocycles. The van der Waals surface area contributed by atoms with E-state index < -0.39 is 27.1 Å². The lowest BCUT2D eigenvalue weighted by Gasteiger charge is -2.08. The molecule has 0 aromatic heterocycles. The van der Waals surface area contributed by atoms with Gasteiger partial charge in [0.1, 0.15) is 18.1 Å². The maximum absolute atomic E-state index is 12.1. The van der Waals surface area contributed by atoms with E-state index in [2.05, 4.69) is 5.32 Å². The second-order valence-electron chi connectivity index (χ2n) is 5.03. The monoisotopic (exact) mass is 361 g/mol. The Bertz CT molecular complexity index is 789. The molecule has 1 N–H and O–H groups in total. The number of ether oxygens (including phenoxy) is 2. The molecule has 0 radical (unpaired) electrons. The zero-order valence-corrected chi connectivity index (χ0v) is 13.7. The van der Waals surface area contributed by atoms with Crippen LogP contribution in [0.5, 0.6) is 11.5 Å². The predicted octanol–water partition coefficient (Wildman–Crippen LogP) is 2.32. The Morgan fingerprint density at radius 3 is 2.04 bits per heavy atom. The van der Waals surface area contributed by atoms with Gasteiger partial charge in [0.15, 0.2) is 0 Å². The summed E-state index contributed by atoms with van der Waals surface area (Å²) in [6, 6.07) is 9.59. The first kappa shape index (κ1) is 18.6. The van der Waals surface area contributed by atoms with Gasteiger partial charge in [-0.1, -0.05) is 0 Å². The molecule has 26 heavy (non-hydrogen) atoms. The Morgan fingerprint density at radius 1 is 1.00 bits per heavy atom. The number of carbonyl (C=O) groups excluding carboxylic acids is 1. The predicted molar refractivity (Wildman–Crippen MR) is 90.6 cm³/mol. The van der Waals surface area contributed by atoms with Crippen LogP contribution in [-0.4, -0.2) is 36.0 Å². The molecule has 0 unspecified atom stereocenters. The SMILES string of the molecule is COc1ccc(OCCNC(=O)c2cc([N+](=O)[O-])cc([N+](=O)[O-])c2)cc1. The maximum atomic E-state index is 12.1. The van der Waals surface area contributed by atoms with E-state index in [1.807, 2.05) is 0 Å². The third-order valence-electron chi connectivity index (χ3n) is 3.30. The number of benzene rings is 2. The van der Waals surface area contributed by atoms with Crippen LogP contribution in [0.15, 0.2) is 42.5 Å². The zero-order valence-electron chi connectivity index (χ0n) is 13.7. The molecule has 2 rings (SSSR count). The van der Waals surface area contributed by atoms with Crippen molar-refractivity contribution in [2.45, 2.75) is 0 Å². The van der Waals surface area contributed by atoms with E-state index in [4.69, 9.17) is 9.47 Å². The lowest BCUT2D eigenvalue weighted by atomic mass is 10.1. The average Bonchev–Trinajstić information content (AvgIpc) is 2.65. The molecule has 2 aromatic rings. The second-order valence-corrected chi connectivity index (χ2v) is 5.03. The minimum Gasteiger partial charge on any atom is -0.497 e. The molecule has 0 bridgehead atoms. The van der Waals surface area contributed by atoms with Crippen molar-refractivity contribution in [2.24, 2.45) is 0 Å². The van der Waals surface area contributed by atoms with E-state index in [9.17, 15) is 25.0 Å². The summed E-state index contributed by atoms with van der Waals surface area (Å²) >= 11 is 0. The first-order valence-corrected chi connectivity index (χ1v) is 7.39. The lowest BCUT2D eigenvalue weighted by Crippen LogP contribution is -2.28. The molecule has 0 aliphatic rings. The van der Waals surface area contributed by atoms with E-state index in [0.29, 0.717) is 11.5 Å². The molecule has 136 valence electrons. The van der Waals surface area contributed by atoms with E-state index in [-0.39, 0.29) is 18.7 Å². The van der Waals surface area contributed by atoms with Crippen molar-refractivity contribution in [3.05, 3.63) is 68.3 Å². The Morgan fingerprint density at radius 2 is 1.54 bits per heavy atom. The zero-order chi connectivity index (χ0) is 19.1. The molecule has 0 atom stereocenters. The van der Waals surface area contributed by atoms with Crippen LogP contribution in [0.2, 0.25) is 0 Å². The minimum atomic E-state index is -0.795. The van der Waals surface area contributed by atoms with E-state index in [0.717, 1.165) is 18.2 Å². The van der Waals surface area contributed by atoms with Gasteiger partial charge in [0.25, 0.3) is 17.3 Å². The summed E-state index contributed by atoms with van der Waals surface area (Å²) in [4.78, 5) is 32.1. The molecule has 0 fully saturated rings. The van der Waals surface area contributed by atoms with Gasteiger partial charge in [0.05, 0.1) is 35.1 Å². The van der Waals surface area contributed by atoms with Crippen LogP contribution < -0.4 is 14.8 Å². The number of nitrogens with zero attached hydrogens (tertiary/aromatic N) is 2. The Hall–Kier alpha value is -3.69. The second kappa shape index (κ2) is 8.42. The number of rotatable bonds is 8. The number of nitro benzene ring substituents is 2. The molecule has 10 nitrogen and oxygen atoms in total. The van der Waals surface area contributed by atoms with Crippen LogP contribution in [-0.2, 0) is 0 Å². The number of methoxy groups -OCH3 is 1. The third kappa shape index (κ3) is 4.90. The standard InChI is InChI=1S/C16H15N3O7/c1-25-14-2-4-15(5-3-14)26-7-6-17-16(20)11-8-12(18(21)22)10-13(9-11)19(23)24/h2-5,8-10H,6-7H2,1H3,(H,17,20). The van der Waals surface area contributed by atoms with Crippen LogP contribution in [0.4, 0.5) is 11.4 Å². The van der Waals surface area contributed by atoms with Gasteiger partial charge in [-0.25, -0.2) is 0 Å². The molecule has 0 heterocycles. The van der Waals surface area contributed by atoms with Gasteiger partial charge < -0.3 is 14.8 Å². The maximum Gasteiger partial charge on any atom is 0.277 e. The third-order valence-corrected chi connectivity index (χ3v) is 3.30. The molecule has 1 amide bonds. The van der Waals surface area contributed by atoms with Crippen LogP contribution in [0.1, 0.15) is 10.4 Å². The quantitative estimate of drug-likeness (QED) is 0.433. The number of nitro groups is 2. The van der Waals surface area contributed by atoms with Crippen molar-refractivity contribution in [1.29, 1.82) is 0 Å². The first-order valence-electron chi connectivity index (χ1n) is 7.39. The molecule has 2 aromatic carbocycles. The summed E-state index contributed by atoms with van der Waals surface area (Å²) in [6.45, 7) is 0.260. The Kier molecular flexibility index (Phi) is 6.04. The van der Waals surface area contributed by atoms with E-state index in [1.165, 1.54) is 0 Å². The van der Waals surface area contributed by atoms with Gasteiger partial charge in [-0.15, -0.1) is 0 Å². The molecule has 0 saturated carbocycles. The average molecular weight is 361 g/mol. The van der Waals surface area contributed by atoms with Crippen molar-refractivity contribution < 1.29 is 24.1 Å². The smallest absolute Gasteiger partial charge is 0.277 e. The van der Waals surface area contributed by atoms with Crippen molar-refractivity contribution in [3.8, 4) is 11.5 Å². The highest BCUT2D eigenvalue weighted by molar-refractivity contribution is 5.95. The summed E-state index contributed by atoms with van der Waals surface area (Å²) in [5.74, 6) is 0.582. The summed E-state index contributed by atoms with van der Waals surface area (Å²) in [5.41, 5.74) is -1.23. The minimum absolute atomic E-state index is 0.112. The van der Waals surface area contributed by atoms with Crippen LogP contribution in [0.25, 0.3) is 0 Å². The largest absolute Gasteiger partial charge is 0.497 e.